The van der Waals surface area contributed by atoms with Crippen molar-refractivity contribution in [2.45, 2.75) is 57.3 Å². The van der Waals surface area contributed by atoms with Gasteiger partial charge >= 0.3 is 0 Å². The largest absolute Gasteiger partial charge is 0.327 e. The van der Waals surface area contributed by atoms with Crippen LogP contribution in [0.4, 0.5) is 0 Å². The van der Waals surface area contributed by atoms with Gasteiger partial charge in [-0.3, -0.25) is 24.6 Å². The topological polar surface area (TPSA) is 95.7 Å². The smallest absolute Gasteiger partial charge is 0.255 e. The van der Waals surface area contributed by atoms with E-state index in [9.17, 15) is 14.4 Å². The second-order valence-corrected chi connectivity index (χ2v) is 9.10. The van der Waals surface area contributed by atoms with E-state index < -0.39 is 6.04 Å². The molecule has 5 rings (SSSR count). The number of nitrogens with one attached hydrogen (secondary N) is 1. The summed E-state index contributed by atoms with van der Waals surface area (Å²) in [4.78, 5) is 40.7. The number of fused-ring (bicyclic) bond motifs is 2. The maximum absolute atomic E-state index is 13.0. The fourth-order valence-corrected chi connectivity index (χ4v) is 5.70. The van der Waals surface area contributed by atoms with E-state index in [1.165, 1.54) is 12.8 Å². The van der Waals surface area contributed by atoms with Crippen LogP contribution in [0.1, 0.15) is 53.6 Å². The van der Waals surface area contributed by atoms with Gasteiger partial charge in [-0.2, -0.15) is 0 Å². The van der Waals surface area contributed by atoms with Crippen molar-refractivity contribution in [2.24, 2.45) is 17.6 Å². The van der Waals surface area contributed by atoms with Gasteiger partial charge < -0.3 is 10.6 Å². The monoisotopic (exact) mass is 396 g/mol. The van der Waals surface area contributed by atoms with Crippen molar-refractivity contribution < 1.29 is 14.4 Å². The highest BCUT2D eigenvalue weighted by Gasteiger charge is 2.40. The molecule has 3 amide bonds. The Labute approximate surface area is 170 Å². The zero-order valence-electron chi connectivity index (χ0n) is 16.6. The molecular formula is C22H28N4O3. The minimum Gasteiger partial charge on any atom is -0.327 e. The quantitative estimate of drug-likeness (QED) is 0.744. The van der Waals surface area contributed by atoms with Crippen LogP contribution < -0.4 is 11.1 Å². The van der Waals surface area contributed by atoms with Gasteiger partial charge in [0.25, 0.3) is 5.91 Å². The number of carbonyl (C=O) groups excluding carboxylic acids is 3. The summed E-state index contributed by atoms with van der Waals surface area (Å²) < 4.78 is 0. The zero-order chi connectivity index (χ0) is 20.1. The molecule has 0 radical (unpaired) electrons. The number of amides is 3. The van der Waals surface area contributed by atoms with Crippen LogP contribution in [0.3, 0.4) is 0 Å². The van der Waals surface area contributed by atoms with Crippen molar-refractivity contribution in [3.63, 3.8) is 0 Å². The third-order valence-electron chi connectivity index (χ3n) is 7.23. The van der Waals surface area contributed by atoms with Crippen molar-refractivity contribution in [1.29, 1.82) is 0 Å². The third-order valence-corrected chi connectivity index (χ3v) is 7.23. The third kappa shape index (κ3) is 3.36. The fraction of sp³-hybridized carbons (Fsp3) is 0.591. The van der Waals surface area contributed by atoms with E-state index >= 15 is 0 Å². The molecule has 0 spiro atoms. The lowest BCUT2D eigenvalue weighted by atomic mass is 9.78. The number of hydrogen-bond acceptors (Lipinski definition) is 5. The lowest BCUT2D eigenvalue weighted by Crippen LogP contribution is -2.52. The number of nitrogens with zero attached hydrogens (tertiary/aromatic N) is 2. The summed E-state index contributed by atoms with van der Waals surface area (Å²) in [7, 11) is 0. The van der Waals surface area contributed by atoms with Gasteiger partial charge in [-0.15, -0.1) is 0 Å². The number of likely N-dealkylation sites (tertiary alicyclic amines) is 1. The molecule has 1 aromatic rings. The van der Waals surface area contributed by atoms with Gasteiger partial charge in [0.2, 0.25) is 11.8 Å². The van der Waals surface area contributed by atoms with Crippen LogP contribution in [-0.4, -0.2) is 52.7 Å². The van der Waals surface area contributed by atoms with Crippen LogP contribution in [-0.2, 0) is 22.7 Å². The van der Waals surface area contributed by atoms with Gasteiger partial charge in [0.05, 0.1) is 0 Å². The molecule has 154 valence electrons. The van der Waals surface area contributed by atoms with Gasteiger partial charge in [-0.1, -0.05) is 18.6 Å². The van der Waals surface area contributed by atoms with E-state index in [0.717, 1.165) is 37.2 Å². The number of carbonyl (C=O) groups is 3. The standard InChI is InChI=1S/C22H28N4O3/c23-18-3-1-2-14-10-25(12-17(14)18)9-13-4-5-15-11-26(22(29)16(15)8-13)19-6-7-20(27)24-21(19)28/h4-5,8,14,17-19H,1-3,6-7,9-12,23H2,(H,24,27,28). The Morgan fingerprint density at radius 2 is 1.97 bits per heavy atom. The molecule has 4 aliphatic rings. The Morgan fingerprint density at radius 1 is 1.10 bits per heavy atom. The Morgan fingerprint density at radius 3 is 2.76 bits per heavy atom. The molecule has 0 aromatic heterocycles. The first-order valence-electron chi connectivity index (χ1n) is 10.7. The first kappa shape index (κ1) is 18.8. The second kappa shape index (κ2) is 7.22. The number of nitrogens with two attached hydrogens (primary N) is 1. The minimum atomic E-state index is -0.556. The summed E-state index contributed by atoms with van der Waals surface area (Å²) in [6, 6.07) is 5.87. The van der Waals surface area contributed by atoms with E-state index in [2.05, 4.69) is 16.3 Å². The van der Waals surface area contributed by atoms with Crippen molar-refractivity contribution in [3.05, 3.63) is 34.9 Å². The summed E-state index contributed by atoms with van der Waals surface area (Å²) in [6.45, 7) is 3.40. The molecule has 1 aromatic carbocycles. The Bertz CT molecular complexity index is 870. The van der Waals surface area contributed by atoms with E-state index in [1.807, 2.05) is 12.1 Å². The van der Waals surface area contributed by atoms with Gasteiger partial charge in [0, 0.05) is 44.2 Å². The molecule has 3 heterocycles. The number of benzene rings is 1. The summed E-state index contributed by atoms with van der Waals surface area (Å²) in [5, 5.41) is 2.35. The number of imide groups is 1. The highest BCUT2D eigenvalue weighted by molar-refractivity contribution is 6.05. The molecule has 7 nitrogen and oxygen atoms in total. The molecule has 4 atom stereocenters. The summed E-state index contributed by atoms with van der Waals surface area (Å²) in [5.41, 5.74) is 9.13. The molecule has 0 bridgehead atoms. The molecule has 3 N–H and O–H groups in total. The van der Waals surface area contributed by atoms with Gasteiger partial charge in [0.15, 0.2) is 0 Å². The average Bonchev–Trinajstić information content (AvgIpc) is 3.24. The van der Waals surface area contributed by atoms with E-state index in [0.29, 0.717) is 36.4 Å². The number of piperidine rings is 1. The number of rotatable bonds is 3. The summed E-state index contributed by atoms with van der Waals surface area (Å²) in [6.07, 6.45) is 4.33. The molecule has 4 unspecified atom stereocenters. The Kier molecular flexibility index (Phi) is 4.67. The first-order chi connectivity index (χ1) is 14.0. The summed E-state index contributed by atoms with van der Waals surface area (Å²) in [5.74, 6) is 0.580. The van der Waals surface area contributed by atoms with Crippen molar-refractivity contribution >= 4 is 17.7 Å². The maximum Gasteiger partial charge on any atom is 0.255 e. The van der Waals surface area contributed by atoms with Crippen LogP contribution in [0.5, 0.6) is 0 Å². The SMILES string of the molecule is NC1CCCC2CN(Cc3ccc4c(c3)C(=O)N(C3CCC(=O)NC3=O)C4)CC12. The lowest BCUT2D eigenvalue weighted by Gasteiger charge is -2.29. The van der Waals surface area contributed by atoms with E-state index in [4.69, 9.17) is 5.73 Å². The number of hydrogen-bond donors (Lipinski definition) is 2. The Balaban J connectivity index is 1.28. The van der Waals surface area contributed by atoms with Gasteiger partial charge in [0.1, 0.15) is 6.04 Å². The summed E-state index contributed by atoms with van der Waals surface area (Å²) >= 11 is 0. The van der Waals surface area contributed by atoms with Crippen LogP contribution in [0.2, 0.25) is 0 Å². The van der Waals surface area contributed by atoms with Crippen molar-refractivity contribution in [3.8, 4) is 0 Å². The van der Waals surface area contributed by atoms with E-state index in [-0.39, 0.29) is 24.1 Å². The lowest BCUT2D eigenvalue weighted by molar-refractivity contribution is -0.136. The molecule has 7 heteroatoms. The average molecular weight is 396 g/mol. The van der Waals surface area contributed by atoms with E-state index in [1.54, 1.807) is 4.90 Å². The highest BCUT2D eigenvalue weighted by atomic mass is 16.2. The second-order valence-electron chi connectivity index (χ2n) is 9.10. The fourth-order valence-electron chi connectivity index (χ4n) is 5.70. The predicted octanol–water partition coefficient (Wildman–Crippen LogP) is 1.01. The minimum absolute atomic E-state index is 0.103. The molecule has 3 aliphatic heterocycles. The molecule has 1 saturated carbocycles. The molecule has 1 aliphatic carbocycles. The van der Waals surface area contributed by atoms with Gasteiger partial charge in [-0.05, 0) is 48.3 Å². The molecule has 29 heavy (non-hydrogen) atoms. The van der Waals surface area contributed by atoms with Crippen LogP contribution >= 0.6 is 0 Å². The highest BCUT2D eigenvalue weighted by Crippen LogP contribution is 2.36. The maximum atomic E-state index is 13.0. The van der Waals surface area contributed by atoms with Crippen molar-refractivity contribution in [2.75, 3.05) is 13.1 Å². The zero-order valence-corrected chi connectivity index (χ0v) is 16.6. The molecule has 3 fully saturated rings. The predicted molar refractivity (Wildman–Crippen MR) is 107 cm³/mol. The van der Waals surface area contributed by atoms with Crippen LogP contribution in [0.25, 0.3) is 0 Å². The van der Waals surface area contributed by atoms with Crippen molar-refractivity contribution in [1.82, 2.24) is 15.1 Å². The Hall–Kier alpha value is -2.25. The normalized spacial score (nSPS) is 32.3. The van der Waals surface area contributed by atoms with Crippen LogP contribution in [0, 0.1) is 11.8 Å². The molecule has 2 saturated heterocycles. The first-order valence-corrected chi connectivity index (χ1v) is 10.7. The molecular weight excluding hydrogens is 368 g/mol. The van der Waals surface area contributed by atoms with Gasteiger partial charge in [-0.25, -0.2) is 0 Å². The van der Waals surface area contributed by atoms with Crippen LogP contribution in [0.15, 0.2) is 18.2 Å².